The second kappa shape index (κ2) is 5.46. The first-order valence-corrected chi connectivity index (χ1v) is 6.91. The van der Waals surface area contributed by atoms with Gasteiger partial charge in [-0.1, -0.05) is 0 Å². The zero-order valence-corrected chi connectivity index (χ0v) is 12.2. The van der Waals surface area contributed by atoms with Crippen molar-refractivity contribution in [2.75, 3.05) is 13.7 Å². The predicted octanol–water partition coefficient (Wildman–Crippen LogP) is 1.58. The van der Waals surface area contributed by atoms with Crippen molar-refractivity contribution in [3.05, 3.63) is 47.3 Å². The maximum atomic E-state index is 14.2. The molecule has 1 aromatic heterocycles. The Balaban J connectivity index is 1.96. The van der Waals surface area contributed by atoms with E-state index < -0.39 is 0 Å². The highest BCUT2D eigenvalue weighted by Gasteiger charge is 2.34. The van der Waals surface area contributed by atoms with E-state index in [2.05, 4.69) is 9.88 Å². The molecule has 2 heterocycles. The topological polar surface area (TPSA) is 56.3 Å². The van der Waals surface area contributed by atoms with Gasteiger partial charge >= 0.3 is 0 Å². The molecular weight excluding hydrogens is 271 g/mol. The van der Waals surface area contributed by atoms with Gasteiger partial charge in [-0.05, 0) is 12.1 Å². The Morgan fingerprint density at radius 1 is 1.48 bits per heavy atom. The third-order valence-electron chi connectivity index (χ3n) is 4.10. The van der Waals surface area contributed by atoms with E-state index in [1.54, 1.807) is 19.4 Å². The molecule has 0 spiro atoms. The van der Waals surface area contributed by atoms with Crippen LogP contribution in [0, 0.1) is 5.82 Å². The Kier molecular flexibility index (Phi) is 3.65. The lowest BCUT2D eigenvalue weighted by atomic mass is 10.0. The van der Waals surface area contributed by atoms with E-state index in [4.69, 9.17) is 10.5 Å². The number of imidazole rings is 1. The van der Waals surface area contributed by atoms with Crippen molar-refractivity contribution in [2.45, 2.75) is 19.1 Å². The summed E-state index contributed by atoms with van der Waals surface area (Å²) in [5.41, 5.74) is 7.44. The number of ether oxygens (including phenoxy) is 1. The Morgan fingerprint density at radius 3 is 2.90 bits per heavy atom. The Bertz CT molecular complexity index is 655. The number of rotatable bonds is 4. The summed E-state index contributed by atoms with van der Waals surface area (Å²) in [6.07, 6.45) is 3.66. The van der Waals surface area contributed by atoms with Crippen LogP contribution in [0.3, 0.4) is 0 Å². The number of fused-ring (bicyclic) bond motifs is 1. The second-order valence-corrected chi connectivity index (χ2v) is 5.25. The summed E-state index contributed by atoms with van der Waals surface area (Å²) in [7, 11) is 3.55. The molecule has 1 atom stereocenters. The first-order valence-electron chi connectivity index (χ1n) is 6.91. The summed E-state index contributed by atoms with van der Waals surface area (Å²) < 4.78 is 21.5. The first-order chi connectivity index (χ1) is 10.2. The summed E-state index contributed by atoms with van der Waals surface area (Å²) in [6.45, 7) is 1.61. The molecule has 0 saturated carbocycles. The second-order valence-electron chi connectivity index (χ2n) is 5.25. The molecule has 1 aliphatic rings. The zero-order chi connectivity index (χ0) is 15.0. The highest BCUT2D eigenvalue weighted by molar-refractivity contribution is 5.45. The van der Waals surface area contributed by atoms with Crippen LogP contribution in [0.1, 0.15) is 23.0 Å². The molecule has 1 aromatic carbocycles. The van der Waals surface area contributed by atoms with Gasteiger partial charge in [0.25, 0.3) is 0 Å². The number of methoxy groups -OCH3 is 1. The molecule has 0 fully saturated rings. The summed E-state index contributed by atoms with van der Waals surface area (Å²) in [6, 6.07) is 2.98. The molecule has 5 nitrogen and oxygen atoms in total. The molecule has 0 aliphatic carbocycles. The molecule has 2 N–H and O–H groups in total. The molecule has 0 radical (unpaired) electrons. The van der Waals surface area contributed by atoms with E-state index in [9.17, 15) is 4.39 Å². The minimum atomic E-state index is -0.219. The van der Waals surface area contributed by atoms with Crippen molar-refractivity contribution < 1.29 is 9.13 Å². The van der Waals surface area contributed by atoms with Gasteiger partial charge in [-0.2, -0.15) is 0 Å². The van der Waals surface area contributed by atoms with Crippen LogP contribution < -0.4 is 10.5 Å². The number of benzene rings is 1. The van der Waals surface area contributed by atoms with Crippen molar-refractivity contribution in [1.29, 1.82) is 0 Å². The SMILES string of the molecule is COc1ccc(F)c2c1CN(Cc1nccn1C)C2CN. The maximum Gasteiger partial charge on any atom is 0.128 e. The van der Waals surface area contributed by atoms with Crippen LogP contribution in [0.25, 0.3) is 0 Å². The van der Waals surface area contributed by atoms with Gasteiger partial charge < -0.3 is 15.0 Å². The van der Waals surface area contributed by atoms with Crippen LogP contribution >= 0.6 is 0 Å². The number of halogens is 1. The van der Waals surface area contributed by atoms with Crippen LogP contribution in [0.2, 0.25) is 0 Å². The van der Waals surface area contributed by atoms with Crippen molar-refractivity contribution in [1.82, 2.24) is 14.5 Å². The van der Waals surface area contributed by atoms with Crippen LogP contribution in [0.5, 0.6) is 5.75 Å². The van der Waals surface area contributed by atoms with E-state index >= 15 is 0 Å². The number of aryl methyl sites for hydroxylation is 1. The Hall–Kier alpha value is -1.92. The zero-order valence-electron chi connectivity index (χ0n) is 12.2. The van der Waals surface area contributed by atoms with Crippen LogP contribution in [0.4, 0.5) is 4.39 Å². The molecule has 2 aromatic rings. The largest absolute Gasteiger partial charge is 0.496 e. The quantitative estimate of drug-likeness (QED) is 0.929. The van der Waals surface area contributed by atoms with E-state index in [0.717, 1.165) is 11.4 Å². The number of hydrogen-bond donors (Lipinski definition) is 1. The van der Waals surface area contributed by atoms with E-state index in [-0.39, 0.29) is 11.9 Å². The number of nitrogens with two attached hydrogens (primary N) is 1. The van der Waals surface area contributed by atoms with Gasteiger partial charge in [0.2, 0.25) is 0 Å². The van der Waals surface area contributed by atoms with E-state index in [1.807, 2.05) is 17.8 Å². The summed E-state index contributed by atoms with van der Waals surface area (Å²) in [5.74, 6) is 1.43. The maximum absolute atomic E-state index is 14.2. The van der Waals surface area contributed by atoms with Gasteiger partial charge in [-0.3, -0.25) is 4.90 Å². The average molecular weight is 290 g/mol. The average Bonchev–Trinajstić information content (AvgIpc) is 3.04. The molecule has 21 heavy (non-hydrogen) atoms. The molecule has 112 valence electrons. The summed E-state index contributed by atoms with van der Waals surface area (Å²) in [4.78, 5) is 6.47. The predicted molar refractivity (Wildman–Crippen MR) is 77.2 cm³/mol. The van der Waals surface area contributed by atoms with Gasteiger partial charge in [0.15, 0.2) is 0 Å². The van der Waals surface area contributed by atoms with Crippen LogP contribution in [-0.2, 0) is 20.1 Å². The van der Waals surface area contributed by atoms with Crippen molar-refractivity contribution in [3.8, 4) is 5.75 Å². The Morgan fingerprint density at radius 2 is 2.29 bits per heavy atom. The lowest BCUT2D eigenvalue weighted by Crippen LogP contribution is -2.29. The number of aromatic nitrogens is 2. The molecule has 0 bridgehead atoms. The molecule has 6 heteroatoms. The third-order valence-corrected chi connectivity index (χ3v) is 4.10. The fraction of sp³-hybridized carbons (Fsp3) is 0.400. The molecule has 1 unspecified atom stereocenters. The third kappa shape index (κ3) is 2.30. The monoisotopic (exact) mass is 290 g/mol. The minimum absolute atomic E-state index is 0.146. The smallest absolute Gasteiger partial charge is 0.128 e. The highest BCUT2D eigenvalue weighted by atomic mass is 19.1. The summed E-state index contributed by atoms with van der Waals surface area (Å²) >= 11 is 0. The van der Waals surface area contributed by atoms with Gasteiger partial charge in [-0.15, -0.1) is 0 Å². The van der Waals surface area contributed by atoms with E-state index in [0.29, 0.717) is 30.9 Å². The molecule has 0 saturated heterocycles. The van der Waals surface area contributed by atoms with Crippen LogP contribution in [0.15, 0.2) is 24.5 Å². The number of nitrogens with zero attached hydrogens (tertiary/aromatic N) is 3. The van der Waals surface area contributed by atoms with Gasteiger partial charge in [0, 0.05) is 43.7 Å². The fourth-order valence-electron chi connectivity index (χ4n) is 2.99. The summed E-state index contributed by atoms with van der Waals surface area (Å²) in [5, 5.41) is 0. The van der Waals surface area contributed by atoms with Gasteiger partial charge in [0.05, 0.1) is 19.7 Å². The van der Waals surface area contributed by atoms with Gasteiger partial charge in [-0.25, -0.2) is 9.37 Å². The first kappa shape index (κ1) is 14.0. The Labute approximate surface area is 123 Å². The molecule has 0 amide bonds. The van der Waals surface area contributed by atoms with Crippen LogP contribution in [-0.4, -0.2) is 28.1 Å². The highest BCUT2D eigenvalue weighted by Crippen LogP contribution is 2.40. The normalized spacial score (nSPS) is 18.0. The van der Waals surface area contributed by atoms with Crippen molar-refractivity contribution >= 4 is 0 Å². The van der Waals surface area contributed by atoms with Crippen molar-refractivity contribution in [3.63, 3.8) is 0 Å². The number of hydrogen-bond acceptors (Lipinski definition) is 4. The van der Waals surface area contributed by atoms with Gasteiger partial charge in [0.1, 0.15) is 17.4 Å². The fourth-order valence-corrected chi connectivity index (χ4v) is 2.99. The lowest BCUT2D eigenvalue weighted by Gasteiger charge is -2.23. The van der Waals surface area contributed by atoms with Crippen molar-refractivity contribution in [2.24, 2.45) is 12.8 Å². The minimum Gasteiger partial charge on any atom is -0.496 e. The van der Waals surface area contributed by atoms with E-state index in [1.165, 1.54) is 6.07 Å². The molecular formula is C15H19FN4O. The molecule has 3 rings (SSSR count). The molecule has 1 aliphatic heterocycles. The lowest BCUT2D eigenvalue weighted by molar-refractivity contribution is 0.200. The standard InChI is InChI=1S/C15H19FN4O/c1-19-6-5-18-14(19)9-20-8-10-13(21-2)4-3-11(16)15(10)12(20)7-17/h3-6,12H,7-9,17H2,1-2H3.